The zero-order valence-electron chi connectivity index (χ0n) is 16.7. The Balaban J connectivity index is 2.24. The van der Waals surface area contributed by atoms with Gasteiger partial charge in [-0.25, -0.2) is 0 Å². The Hall–Kier alpha value is -2.67. The van der Waals surface area contributed by atoms with E-state index in [0.29, 0.717) is 0 Å². The van der Waals surface area contributed by atoms with Crippen molar-refractivity contribution in [1.82, 2.24) is 5.32 Å². The van der Waals surface area contributed by atoms with Gasteiger partial charge >= 0.3 is 0 Å². The van der Waals surface area contributed by atoms with E-state index >= 15 is 0 Å². The Labute approximate surface area is 173 Å². The normalized spacial score (nSPS) is 12.4. The van der Waals surface area contributed by atoms with Crippen molar-refractivity contribution < 1.29 is 18.8 Å². The van der Waals surface area contributed by atoms with Crippen molar-refractivity contribution >= 4 is 10.8 Å². The first kappa shape index (κ1) is 21.0. The first-order valence-electron chi connectivity index (χ1n) is 9.14. The highest BCUT2D eigenvalue weighted by atomic mass is 32.2. The topological polar surface area (TPSA) is 67.8 Å². The summed E-state index contributed by atoms with van der Waals surface area (Å²) in [4.78, 5) is 0.746. The molecule has 0 spiro atoms. The van der Waals surface area contributed by atoms with Gasteiger partial charge in [-0.2, -0.15) is 0 Å². The molecule has 3 aromatic rings. The maximum absolute atomic E-state index is 11.8. The molecule has 3 rings (SSSR count). The van der Waals surface area contributed by atoms with E-state index in [2.05, 4.69) is 5.32 Å². The summed E-state index contributed by atoms with van der Waals surface area (Å²) in [5, 5.41) is 13.2. The van der Waals surface area contributed by atoms with Gasteiger partial charge in [0.1, 0.15) is 11.5 Å². The lowest BCUT2D eigenvalue weighted by molar-refractivity contribution is 0.226. The predicted octanol–water partition coefficient (Wildman–Crippen LogP) is 3.27. The molecule has 152 valence electrons. The van der Waals surface area contributed by atoms with E-state index in [1.807, 2.05) is 72.8 Å². The largest absolute Gasteiger partial charge is 0.497 e. The molecule has 6 heteroatoms. The van der Waals surface area contributed by atoms with Crippen LogP contribution in [0.25, 0.3) is 0 Å². The van der Waals surface area contributed by atoms with Crippen molar-refractivity contribution in [2.75, 3.05) is 27.2 Å². The fraction of sp³-hybridized carbons (Fsp3) is 0.217. The van der Waals surface area contributed by atoms with E-state index < -0.39 is 16.3 Å². The zero-order chi connectivity index (χ0) is 20.9. The Morgan fingerprint density at radius 2 is 1.17 bits per heavy atom. The summed E-state index contributed by atoms with van der Waals surface area (Å²) in [5.41, 5.74) is 1.96. The van der Waals surface area contributed by atoms with E-state index in [1.54, 1.807) is 20.5 Å². The number of ether oxygens (including phenoxy) is 2. The molecule has 5 nitrogen and oxygen atoms in total. The van der Waals surface area contributed by atoms with E-state index in [1.165, 1.54) is 0 Å². The van der Waals surface area contributed by atoms with E-state index in [0.717, 1.165) is 33.1 Å². The summed E-state index contributed by atoms with van der Waals surface area (Å²) in [6, 6.07) is 23.0. The fourth-order valence-electron chi connectivity index (χ4n) is 3.50. The number of benzene rings is 3. The summed E-state index contributed by atoms with van der Waals surface area (Å²) >= 11 is 0. The zero-order valence-corrected chi connectivity index (χ0v) is 17.5. The number of rotatable bonds is 8. The number of hydrogen-bond donors (Lipinski definition) is 2. The van der Waals surface area contributed by atoms with Gasteiger partial charge in [0, 0.05) is 22.0 Å². The summed E-state index contributed by atoms with van der Waals surface area (Å²) in [7, 11) is 2.18. The van der Waals surface area contributed by atoms with Crippen LogP contribution in [0.3, 0.4) is 0 Å². The first-order chi connectivity index (χ1) is 14.0. The monoisotopic (exact) mass is 411 g/mol. The molecule has 29 heavy (non-hydrogen) atoms. The molecule has 0 aliphatic rings. The number of methoxy groups -OCH3 is 2. The molecule has 3 aromatic carbocycles. The lowest BCUT2D eigenvalue weighted by atomic mass is 9.77. The van der Waals surface area contributed by atoms with Gasteiger partial charge in [-0.05, 0) is 53.1 Å². The van der Waals surface area contributed by atoms with Crippen LogP contribution in [0, 0.1) is 0 Å². The molecule has 0 radical (unpaired) electrons. The Morgan fingerprint density at radius 3 is 1.48 bits per heavy atom. The van der Waals surface area contributed by atoms with Crippen molar-refractivity contribution in [2.45, 2.75) is 10.4 Å². The number of nitrogens with one attached hydrogen (secondary N) is 1. The van der Waals surface area contributed by atoms with Crippen molar-refractivity contribution in [3.05, 3.63) is 89.5 Å². The predicted molar refractivity (Wildman–Crippen MR) is 115 cm³/mol. The Kier molecular flexibility index (Phi) is 6.69. The van der Waals surface area contributed by atoms with Crippen LogP contribution < -0.4 is 14.8 Å². The average Bonchev–Trinajstić information content (AvgIpc) is 2.78. The van der Waals surface area contributed by atoms with Gasteiger partial charge in [0.25, 0.3) is 0 Å². The molecular weight excluding hydrogens is 386 g/mol. The van der Waals surface area contributed by atoms with Gasteiger partial charge in [0.15, 0.2) is 0 Å². The van der Waals surface area contributed by atoms with Crippen LogP contribution in [0.4, 0.5) is 0 Å². The molecule has 0 saturated carbocycles. The lowest BCUT2D eigenvalue weighted by Crippen LogP contribution is -2.45. The van der Waals surface area contributed by atoms with E-state index in [9.17, 15) is 9.32 Å². The first-order valence-corrected chi connectivity index (χ1v) is 10.7. The molecule has 0 aliphatic heterocycles. The second kappa shape index (κ2) is 9.22. The minimum atomic E-state index is -1.07. The van der Waals surface area contributed by atoms with Crippen LogP contribution in [0.1, 0.15) is 16.7 Å². The van der Waals surface area contributed by atoms with Gasteiger partial charge in [-0.3, -0.25) is 9.53 Å². The Bertz CT molecular complexity index is 906. The highest BCUT2D eigenvalue weighted by Gasteiger charge is 2.36. The molecule has 1 atom stereocenters. The summed E-state index contributed by atoms with van der Waals surface area (Å²) in [6.07, 6.45) is 1.65. The van der Waals surface area contributed by atoms with Gasteiger partial charge in [0.2, 0.25) is 0 Å². The standard InChI is InChI=1S/C23H25NO4S/c1-27-20-10-4-17(5-11-20)23(24-16-25,18-6-12-21(28-2)13-7-18)19-8-14-22(15-9-19)29(3)26/h4-15,24-25H,16H2,1-3H3. The fourth-order valence-corrected chi connectivity index (χ4v) is 4.02. The van der Waals surface area contributed by atoms with Crippen molar-refractivity contribution in [1.29, 1.82) is 0 Å². The summed E-state index contributed by atoms with van der Waals surface area (Å²) < 4.78 is 22.5. The molecule has 0 aliphatic carbocycles. The maximum Gasteiger partial charge on any atom is 0.118 e. The second-order valence-electron chi connectivity index (χ2n) is 6.52. The summed E-state index contributed by atoms with van der Waals surface area (Å²) in [6.45, 7) is -0.237. The molecular formula is C23H25NO4S. The van der Waals surface area contributed by atoms with Gasteiger partial charge in [0.05, 0.1) is 26.5 Å². The number of aliphatic hydroxyl groups excluding tert-OH is 1. The van der Waals surface area contributed by atoms with Crippen LogP contribution in [0.2, 0.25) is 0 Å². The smallest absolute Gasteiger partial charge is 0.118 e. The third-order valence-corrected chi connectivity index (χ3v) is 5.95. The van der Waals surface area contributed by atoms with Crippen molar-refractivity contribution in [2.24, 2.45) is 0 Å². The van der Waals surface area contributed by atoms with Gasteiger partial charge in [-0.1, -0.05) is 36.4 Å². The lowest BCUT2D eigenvalue weighted by Gasteiger charge is -2.36. The van der Waals surface area contributed by atoms with Crippen LogP contribution in [-0.2, 0) is 16.3 Å². The minimum Gasteiger partial charge on any atom is -0.497 e. The average molecular weight is 412 g/mol. The van der Waals surface area contributed by atoms with E-state index in [-0.39, 0.29) is 6.73 Å². The van der Waals surface area contributed by atoms with Crippen molar-refractivity contribution in [3.8, 4) is 11.5 Å². The van der Waals surface area contributed by atoms with Crippen LogP contribution in [0.5, 0.6) is 11.5 Å². The molecule has 0 aromatic heterocycles. The van der Waals surface area contributed by atoms with E-state index in [4.69, 9.17) is 9.47 Å². The van der Waals surface area contributed by atoms with Crippen molar-refractivity contribution in [3.63, 3.8) is 0 Å². The molecule has 0 amide bonds. The number of aliphatic hydroxyl groups is 1. The Morgan fingerprint density at radius 1 is 0.793 bits per heavy atom. The van der Waals surface area contributed by atoms with Crippen LogP contribution >= 0.6 is 0 Å². The van der Waals surface area contributed by atoms with Crippen LogP contribution in [0.15, 0.2) is 77.7 Å². The highest BCUT2D eigenvalue weighted by Crippen LogP contribution is 2.38. The third kappa shape index (κ3) is 4.19. The quantitative estimate of drug-likeness (QED) is 0.440. The maximum atomic E-state index is 11.8. The molecule has 0 saturated heterocycles. The third-order valence-electron chi connectivity index (χ3n) is 5.01. The van der Waals surface area contributed by atoms with Gasteiger partial charge < -0.3 is 14.6 Å². The molecule has 0 fully saturated rings. The van der Waals surface area contributed by atoms with Gasteiger partial charge in [-0.15, -0.1) is 0 Å². The highest BCUT2D eigenvalue weighted by molar-refractivity contribution is 7.84. The molecule has 2 N–H and O–H groups in total. The second-order valence-corrected chi connectivity index (χ2v) is 7.90. The summed E-state index contributed by atoms with van der Waals surface area (Å²) in [5.74, 6) is 1.50. The molecule has 1 unspecified atom stereocenters. The van der Waals surface area contributed by atoms with Crippen LogP contribution in [-0.4, -0.2) is 36.5 Å². The molecule has 0 heterocycles. The SMILES string of the molecule is COc1ccc(C(NCO)(c2ccc(OC)cc2)c2ccc(S(C)=O)cc2)cc1. The minimum absolute atomic E-state index is 0.237. The number of hydrogen-bond acceptors (Lipinski definition) is 5. The molecule has 0 bridgehead atoms.